The van der Waals surface area contributed by atoms with E-state index in [4.69, 9.17) is 9.47 Å². The fourth-order valence-electron chi connectivity index (χ4n) is 2.36. The summed E-state index contributed by atoms with van der Waals surface area (Å²) in [5, 5.41) is 0. The van der Waals surface area contributed by atoms with Crippen LogP contribution >= 0.6 is 0 Å². The van der Waals surface area contributed by atoms with E-state index >= 15 is 0 Å². The number of ether oxygens (including phenoxy) is 2. The van der Waals surface area contributed by atoms with E-state index in [2.05, 4.69) is 0 Å². The molecule has 0 aliphatic heterocycles. The standard InChI is InChI=1S/C21H22O4/c1-3-4-15-25-19(22)14-13-17-11-8-12-18(21(17)24-2)20(23)16-9-6-5-7-10-16/h5-14H,3-4,15H2,1-2H3. The molecule has 0 N–H and O–H groups in total. The first kappa shape index (κ1) is 18.5. The molecule has 0 aliphatic rings. The fourth-order valence-corrected chi connectivity index (χ4v) is 2.36. The van der Waals surface area contributed by atoms with Gasteiger partial charge in [-0.2, -0.15) is 0 Å². The lowest BCUT2D eigenvalue weighted by Crippen LogP contribution is -2.05. The highest BCUT2D eigenvalue weighted by molar-refractivity contribution is 6.11. The summed E-state index contributed by atoms with van der Waals surface area (Å²) < 4.78 is 10.5. The Bertz CT molecular complexity index is 748. The van der Waals surface area contributed by atoms with Crippen LogP contribution in [0, 0.1) is 0 Å². The number of para-hydroxylation sites is 1. The Morgan fingerprint density at radius 2 is 1.80 bits per heavy atom. The number of hydrogen-bond donors (Lipinski definition) is 0. The molecule has 0 aliphatic carbocycles. The summed E-state index contributed by atoms with van der Waals surface area (Å²) in [4.78, 5) is 24.4. The van der Waals surface area contributed by atoms with Crippen molar-refractivity contribution in [3.8, 4) is 5.75 Å². The van der Waals surface area contributed by atoms with Crippen molar-refractivity contribution in [2.45, 2.75) is 19.8 Å². The summed E-state index contributed by atoms with van der Waals surface area (Å²) in [5.41, 5.74) is 1.69. The van der Waals surface area contributed by atoms with Crippen LogP contribution in [0.15, 0.2) is 54.6 Å². The Hall–Kier alpha value is -2.88. The number of benzene rings is 2. The largest absolute Gasteiger partial charge is 0.495 e. The van der Waals surface area contributed by atoms with Gasteiger partial charge in [-0.3, -0.25) is 4.79 Å². The molecule has 130 valence electrons. The van der Waals surface area contributed by atoms with Gasteiger partial charge < -0.3 is 9.47 Å². The zero-order valence-electron chi connectivity index (χ0n) is 14.5. The highest BCUT2D eigenvalue weighted by Gasteiger charge is 2.16. The molecule has 4 heteroatoms. The minimum absolute atomic E-state index is 0.127. The molecule has 0 aromatic heterocycles. The second kappa shape index (κ2) is 9.42. The Morgan fingerprint density at radius 3 is 2.48 bits per heavy atom. The topological polar surface area (TPSA) is 52.6 Å². The van der Waals surface area contributed by atoms with Crippen LogP contribution in [0.3, 0.4) is 0 Å². The second-order valence-corrected chi connectivity index (χ2v) is 5.48. The average Bonchev–Trinajstić information content (AvgIpc) is 2.66. The Morgan fingerprint density at radius 1 is 1.04 bits per heavy atom. The molecule has 2 rings (SSSR count). The smallest absolute Gasteiger partial charge is 0.330 e. The Labute approximate surface area is 148 Å². The zero-order valence-corrected chi connectivity index (χ0v) is 14.5. The van der Waals surface area contributed by atoms with Crippen molar-refractivity contribution in [1.29, 1.82) is 0 Å². The first-order valence-electron chi connectivity index (χ1n) is 8.29. The first-order valence-corrected chi connectivity index (χ1v) is 8.29. The number of carbonyl (C=O) groups is 2. The summed E-state index contributed by atoms with van der Waals surface area (Å²) in [6.45, 7) is 2.44. The van der Waals surface area contributed by atoms with E-state index in [0.717, 1.165) is 12.8 Å². The first-order chi connectivity index (χ1) is 12.2. The second-order valence-electron chi connectivity index (χ2n) is 5.48. The predicted octanol–water partition coefficient (Wildman–Crippen LogP) is 4.28. The van der Waals surface area contributed by atoms with Crippen molar-refractivity contribution in [2.24, 2.45) is 0 Å². The quantitative estimate of drug-likeness (QED) is 0.312. The van der Waals surface area contributed by atoms with E-state index in [1.54, 1.807) is 36.4 Å². The number of unbranched alkanes of at least 4 members (excludes halogenated alkanes) is 1. The third kappa shape index (κ3) is 5.05. The van der Waals surface area contributed by atoms with Gasteiger partial charge in [-0.1, -0.05) is 55.8 Å². The van der Waals surface area contributed by atoms with Gasteiger partial charge >= 0.3 is 5.97 Å². The Kier molecular flexibility index (Phi) is 6.96. The molecular formula is C21H22O4. The van der Waals surface area contributed by atoms with Crippen molar-refractivity contribution < 1.29 is 19.1 Å². The van der Waals surface area contributed by atoms with Gasteiger partial charge in [-0.15, -0.1) is 0 Å². The van der Waals surface area contributed by atoms with Gasteiger partial charge in [0.25, 0.3) is 0 Å². The molecule has 0 unspecified atom stereocenters. The van der Waals surface area contributed by atoms with E-state index in [9.17, 15) is 9.59 Å². The van der Waals surface area contributed by atoms with Crippen molar-refractivity contribution in [3.05, 3.63) is 71.3 Å². The van der Waals surface area contributed by atoms with Crippen LogP contribution in [0.5, 0.6) is 5.75 Å². The van der Waals surface area contributed by atoms with Gasteiger partial charge in [0.05, 0.1) is 19.3 Å². The van der Waals surface area contributed by atoms with Gasteiger partial charge in [0.1, 0.15) is 5.75 Å². The van der Waals surface area contributed by atoms with Crippen LogP contribution in [0.1, 0.15) is 41.3 Å². The summed E-state index contributed by atoms with van der Waals surface area (Å²) in [6.07, 6.45) is 4.76. The summed E-state index contributed by atoms with van der Waals surface area (Å²) in [7, 11) is 1.51. The maximum atomic E-state index is 12.7. The molecule has 0 atom stereocenters. The highest BCUT2D eigenvalue weighted by Crippen LogP contribution is 2.27. The van der Waals surface area contributed by atoms with E-state index in [1.807, 2.05) is 25.1 Å². The molecule has 0 saturated heterocycles. The van der Waals surface area contributed by atoms with Gasteiger partial charge in [-0.05, 0) is 18.6 Å². The molecule has 2 aromatic rings. The van der Waals surface area contributed by atoms with Gasteiger partial charge in [0.15, 0.2) is 5.78 Å². The molecule has 0 amide bonds. The maximum Gasteiger partial charge on any atom is 0.330 e. The van der Waals surface area contributed by atoms with Crippen LogP contribution in [0.2, 0.25) is 0 Å². The summed E-state index contributed by atoms with van der Waals surface area (Å²) in [6, 6.07) is 14.3. The lowest BCUT2D eigenvalue weighted by Gasteiger charge is -2.11. The highest BCUT2D eigenvalue weighted by atomic mass is 16.5. The monoisotopic (exact) mass is 338 g/mol. The van der Waals surface area contributed by atoms with Crippen molar-refractivity contribution in [1.82, 2.24) is 0 Å². The SMILES string of the molecule is CCCCOC(=O)C=Cc1cccc(C(=O)c2ccccc2)c1OC. The summed E-state index contributed by atoms with van der Waals surface area (Å²) in [5.74, 6) is -0.0949. The van der Waals surface area contributed by atoms with Crippen molar-refractivity contribution in [2.75, 3.05) is 13.7 Å². The molecular weight excluding hydrogens is 316 g/mol. The Balaban J connectivity index is 2.23. The number of carbonyl (C=O) groups excluding carboxylic acids is 2. The van der Waals surface area contributed by atoms with Gasteiger partial charge in [-0.25, -0.2) is 4.79 Å². The molecule has 0 heterocycles. The fraction of sp³-hybridized carbons (Fsp3) is 0.238. The van der Waals surface area contributed by atoms with Crippen LogP contribution < -0.4 is 4.74 Å². The van der Waals surface area contributed by atoms with E-state index in [-0.39, 0.29) is 5.78 Å². The van der Waals surface area contributed by atoms with Crippen LogP contribution in [0.25, 0.3) is 6.08 Å². The van der Waals surface area contributed by atoms with Crippen LogP contribution in [-0.2, 0) is 9.53 Å². The third-order valence-electron chi connectivity index (χ3n) is 3.67. The maximum absolute atomic E-state index is 12.7. The third-order valence-corrected chi connectivity index (χ3v) is 3.67. The van der Waals surface area contributed by atoms with Crippen molar-refractivity contribution >= 4 is 17.8 Å². The lowest BCUT2D eigenvalue weighted by molar-refractivity contribution is -0.137. The molecule has 0 bridgehead atoms. The number of esters is 1. The van der Waals surface area contributed by atoms with E-state index < -0.39 is 5.97 Å². The molecule has 2 aromatic carbocycles. The number of methoxy groups -OCH3 is 1. The minimum atomic E-state index is -0.407. The normalized spacial score (nSPS) is 10.6. The molecule has 0 radical (unpaired) electrons. The van der Waals surface area contributed by atoms with E-state index in [1.165, 1.54) is 13.2 Å². The zero-order chi connectivity index (χ0) is 18.1. The van der Waals surface area contributed by atoms with Crippen LogP contribution in [0.4, 0.5) is 0 Å². The molecule has 0 saturated carbocycles. The van der Waals surface area contributed by atoms with Crippen LogP contribution in [-0.4, -0.2) is 25.5 Å². The molecule has 0 spiro atoms. The number of hydrogen-bond acceptors (Lipinski definition) is 4. The lowest BCUT2D eigenvalue weighted by atomic mass is 9.99. The van der Waals surface area contributed by atoms with Gasteiger partial charge in [0.2, 0.25) is 0 Å². The average molecular weight is 338 g/mol. The molecule has 25 heavy (non-hydrogen) atoms. The summed E-state index contributed by atoms with van der Waals surface area (Å²) >= 11 is 0. The minimum Gasteiger partial charge on any atom is -0.495 e. The number of rotatable bonds is 8. The molecule has 0 fully saturated rings. The van der Waals surface area contributed by atoms with Crippen molar-refractivity contribution in [3.63, 3.8) is 0 Å². The molecule has 4 nitrogen and oxygen atoms in total. The predicted molar refractivity (Wildman–Crippen MR) is 97.8 cm³/mol. The van der Waals surface area contributed by atoms with E-state index in [0.29, 0.717) is 29.0 Å². The number of ketones is 1. The van der Waals surface area contributed by atoms with Gasteiger partial charge in [0, 0.05) is 17.2 Å².